The fraction of sp³-hybridized carbons (Fsp3) is 0.278. The van der Waals surface area contributed by atoms with Crippen LogP contribution in [0.3, 0.4) is 0 Å². The number of thioether (sulfide) groups is 1. The number of carbonyl (C=O) groups excluding carboxylic acids is 1. The van der Waals surface area contributed by atoms with Crippen LogP contribution < -0.4 is 5.32 Å². The van der Waals surface area contributed by atoms with E-state index in [0.29, 0.717) is 18.7 Å². The lowest BCUT2D eigenvalue weighted by Crippen LogP contribution is -2.31. The molecule has 0 bridgehead atoms. The first-order valence-electron chi connectivity index (χ1n) is 7.87. The third kappa shape index (κ3) is 4.92. The van der Waals surface area contributed by atoms with Gasteiger partial charge in [0.15, 0.2) is 0 Å². The van der Waals surface area contributed by atoms with Gasteiger partial charge in [-0.15, -0.1) is 0 Å². The highest BCUT2D eigenvalue weighted by Gasteiger charge is 2.30. The van der Waals surface area contributed by atoms with Crippen LogP contribution in [0.25, 0.3) is 0 Å². The fourth-order valence-electron chi connectivity index (χ4n) is 2.81. The number of rotatable bonds is 4. The van der Waals surface area contributed by atoms with Gasteiger partial charge < -0.3 is 10.2 Å². The van der Waals surface area contributed by atoms with Crippen molar-refractivity contribution in [1.29, 1.82) is 0 Å². The normalized spacial score (nSPS) is 17.6. The van der Waals surface area contributed by atoms with Crippen molar-refractivity contribution in [3.63, 3.8) is 0 Å². The SMILES string of the molecule is O=C(c1ccc(SC(F)(F)F)cc1)N1CCC(Nc2ccccc2)C1. The molecule has 0 aliphatic carbocycles. The zero-order valence-electron chi connectivity index (χ0n) is 13.3. The summed E-state index contributed by atoms with van der Waals surface area (Å²) in [6.07, 6.45) is 0.836. The topological polar surface area (TPSA) is 32.3 Å². The second-order valence-corrected chi connectivity index (χ2v) is 6.96. The molecule has 132 valence electrons. The maximum absolute atomic E-state index is 12.5. The molecule has 1 saturated heterocycles. The molecule has 1 aliphatic rings. The fourth-order valence-corrected chi connectivity index (χ4v) is 3.35. The number of anilines is 1. The number of para-hydroxylation sites is 1. The molecule has 3 nitrogen and oxygen atoms in total. The predicted octanol–water partition coefficient (Wildman–Crippen LogP) is 4.63. The number of carbonyl (C=O) groups is 1. The smallest absolute Gasteiger partial charge is 0.380 e. The largest absolute Gasteiger partial charge is 0.446 e. The first-order chi connectivity index (χ1) is 11.9. The zero-order chi connectivity index (χ0) is 17.9. The van der Waals surface area contributed by atoms with E-state index in [-0.39, 0.29) is 28.6 Å². The minimum atomic E-state index is -4.32. The Balaban J connectivity index is 1.58. The van der Waals surface area contributed by atoms with Gasteiger partial charge >= 0.3 is 5.51 Å². The predicted molar refractivity (Wildman–Crippen MR) is 92.7 cm³/mol. The van der Waals surface area contributed by atoms with Crippen LogP contribution in [0.15, 0.2) is 59.5 Å². The highest BCUT2D eigenvalue weighted by molar-refractivity contribution is 8.00. The molecule has 1 unspecified atom stereocenters. The standard InChI is InChI=1S/C18H17F3N2OS/c19-18(20,21)25-16-8-6-13(7-9-16)17(24)23-11-10-15(12-23)22-14-4-2-1-3-5-14/h1-9,15,22H,10-12H2. The maximum Gasteiger partial charge on any atom is 0.446 e. The zero-order valence-corrected chi connectivity index (χ0v) is 14.1. The van der Waals surface area contributed by atoms with Crippen LogP contribution in [0.1, 0.15) is 16.8 Å². The van der Waals surface area contributed by atoms with Crippen LogP contribution >= 0.6 is 11.8 Å². The Morgan fingerprint density at radius 2 is 1.76 bits per heavy atom. The lowest BCUT2D eigenvalue weighted by atomic mass is 10.2. The van der Waals surface area contributed by atoms with Gasteiger partial charge in [0.1, 0.15) is 0 Å². The second kappa shape index (κ2) is 7.39. The number of benzene rings is 2. The third-order valence-electron chi connectivity index (χ3n) is 3.95. The number of nitrogens with one attached hydrogen (secondary N) is 1. The average molecular weight is 366 g/mol. The summed E-state index contributed by atoms with van der Waals surface area (Å²) in [5.41, 5.74) is -2.90. The van der Waals surface area contributed by atoms with Crippen LogP contribution in [0.5, 0.6) is 0 Å². The first kappa shape index (κ1) is 17.7. The lowest BCUT2D eigenvalue weighted by Gasteiger charge is -2.18. The maximum atomic E-state index is 12.5. The molecule has 0 aromatic heterocycles. The number of amides is 1. The van der Waals surface area contributed by atoms with E-state index in [2.05, 4.69) is 5.32 Å². The van der Waals surface area contributed by atoms with E-state index >= 15 is 0 Å². The minimum Gasteiger partial charge on any atom is -0.380 e. The Labute approximate surface area is 148 Å². The third-order valence-corrected chi connectivity index (χ3v) is 4.69. The Kier molecular flexibility index (Phi) is 5.22. The molecule has 25 heavy (non-hydrogen) atoms. The molecule has 1 amide bonds. The lowest BCUT2D eigenvalue weighted by molar-refractivity contribution is -0.0328. The van der Waals surface area contributed by atoms with E-state index in [1.165, 1.54) is 24.3 Å². The van der Waals surface area contributed by atoms with Crippen molar-refractivity contribution >= 4 is 23.4 Å². The van der Waals surface area contributed by atoms with Crippen molar-refractivity contribution in [2.24, 2.45) is 0 Å². The number of alkyl halides is 3. The molecule has 1 N–H and O–H groups in total. The number of hydrogen-bond donors (Lipinski definition) is 1. The highest BCUT2D eigenvalue weighted by atomic mass is 32.2. The van der Waals surface area contributed by atoms with Crippen molar-refractivity contribution < 1.29 is 18.0 Å². The van der Waals surface area contributed by atoms with Crippen LogP contribution in [-0.2, 0) is 0 Å². The second-order valence-electron chi connectivity index (χ2n) is 5.82. The van der Waals surface area contributed by atoms with Crippen molar-refractivity contribution in [3.8, 4) is 0 Å². The Hall–Kier alpha value is -2.15. The molecule has 0 spiro atoms. The number of nitrogens with zero attached hydrogens (tertiary/aromatic N) is 1. The van der Waals surface area contributed by atoms with Gasteiger partial charge in [0.25, 0.3) is 5.91 Å². The van der Waals surface area contributed by atoms with Crippen molar-refractivity contribution in [3.05, 3.63) is 60.2 Å². The average Bonchev–Trinajstić information content (AvgIpc) is 3.03. The molecule has 3 rings (SSSR count). The molecule has 1 atom stereocenters. The van der Waals surface area contributed by atoms with Crippen LogP contribution in [0, 0.1) is 0 Å². The summed E-state index contributed by atoms with van der Waals surface area (Å²) >= 11 is -0.180. The molecule has 2 aromatic rings. The minimum absolute atomic E-state index is 0.0779. The monoisotopic (exact) mass is 366 g/mol. The number of likely N-dealkylation sites (tertiary alicyclic amines) is 1. The van der Waals surface area contributed by atoms with E-state index in [4.69, 9.17) is 0 Å². The summed E-state index contributed by atoms with van der Waals surface area (Å²) in [4.78, 5) is 14.3. The van der Waals surface area contributed by atoms with E-state index in [0.717, 1.165) is 12.1 Å². The van der Waals surface area contributed by atoms with Gasteiger partial charge in [-0.25, -0.2) is 0 Å². The molecule has 0 saturated carbocycles. The summed E-state index contributed by atoms with van der Waals surface area (Å²) < 4.78 is 37.0. The summed E-state index contributed by atoms with van der Waals surface area (Å²) in [6, 6.07) is 15.5. The van der Waals surface area contributed by atoms with Crippen LogP contribution in [0.4, 0.5) is 18.9 Å². The highest BCUT2D eigenvalue weighted by Crippen LogP contribution is 2.36. The van der Waals surface area contributed by atoms with Crippen molar-refractivity contribution in [2.45, 2.75) is 22.9 Å². The van der Waals surface area contributed by atoms with Crippen LogP contribution in [-0.4, -0.2) is 35.4 Å². The summed E-state index contributed by atoms with van der Waals surface area (Å²) in [5.74, 6) is -0.152. The Morgan fingerprint density at radius 3 is 2.40 bits per heavy atom. The number of halogens is 3. The molecule has 7 heteroatoms. The van der Waals surface area contributed by atoms with Crippen molar-refractivity contribution in [1.82, 2.24) is 4.90 Å². The molecule has 0 radical (unpaired) electrons. The summed E-state index contributed by atoms with van der Waals surface area (Å²) in [6.45, 7) is 1.20. The van der Waals surface area contributed by atoms with E-state index in [1.807, 2.05) is 30.3 Å². The molecular weight excluding hydrogens is 349 g/mol. The quantitative estimate of drug-likeness (QED) is 0.801. The van der Waals surface area contributed by atoms with E-state index < -0.39 is 5.51 Å². The molecule has 1 heterocycles. The van der Waals surface area contributed by atoms with Gasteiger partial charge in [-0.05, 0) is 54.6 Å². The van der Waals surface area contributed by atoms with Gasteiger partial charge in [0, 0.05) is 35.3 Å². The van der Waals surface area contributed by atoms with E-state index in [1.54, 1.807) is 4.90 Å². The first-order valence-corrected chi connectivity index (χ1v) is 8.69. The summed E-state index contributed by atoms with van der Waals surface area (Å²) in [7, 11) is 0. The van der Waals surface area contributed by atoms with Gasteiger partial charge in [-0.1, -0.05) is 18.2 Å². The van der Waals surface area contributed by atoms with Gasteiger partial charge in [-0.3, -0.25) is 4.79 Å². The van der Waals surface area contributed by atoms with Gasteiger partial charge in [0.05, 0.1) is 0 Å². The number of hydrogen-bond acceptors (Lipinski definition) is 3. The molecule has 1 fully saturated rings. The Morgan fingerprint density at radius 1 is 1.08 bits per heavy atom. The molecule has 2 aromatic carbocycles. The molecular formula is C18H17F3N2OS. The molecule has 1 aliphatic heterocycles. The Bertz CT molecular complexity index is 719. The van der Waals surface area contributed by atoms with Gasteiger partial charge in [-0.2, -0.15) is 13.2 Å². The van der Waals surface area contributed by atoms with E-state index in [9.17, 15) is 18.0 Å². The van der Waals surface area contributed by atoms with Gasteiger partial charge in [0.2, 0.25) is 0 Å². The summed E-state index contributed by atoms with van der Waals surface area (Å²) in [5, 5.41) is 3.39. The van der Waals surface area contributed by atoms with Crippen LogP contribution in [0.2, 0.25) is 0 Å². The van der Waals surface area contributed by atoms with Crippen molar-refractivity contribution in [2.75, 3.05) is 18.4 Å².